The van der Waals surface area contributed by atoms with Gasteiger partial charge in [-0.1, -0.05) is 17.7 Å². The van der Waals surface area contributed by atoms with Gasteiger partial charge < -0.3 is 15.2 Å². The molecule has 4 rings (SSSR count). The first-order valence-corrected chi connectivity index (χ1v) is 8.90. The van der Waals surface area contributed by atoms with Crippen LogP contribution in [0.5, 0.6) is 0 Å². The van der Waals surface area contributed by atoms with Crippen molar-refractivity contribution in [1.29, 1.82) is 0 Å². The second kappa shape index (κ2) is 6.25. The van der Waals surface area contributed by atoms with Gasteiger partial charge in [0.1, 0.15) is 23.2 Å². The Morgan fingerprint density at radius 2 is 1.77 bits per heavy atom. The van der Waals surface area contributed by atoms with Crippen molar-refractivity contribution in [3.8, 4) is 11.3 Å². The van der Waals surface area contributed by atoms with Crippen LogP contribution in [0.25, 0.3) is 11.3 Å². The zero-order valence-electron chi connectivity index (χ0n) is 15.3. The highest BCUT2D eigenvalue weighted by Gasteiger charge is 2.33. The summed E-state index contributed by atoms with van der Waals surface area (Å²) in [4.78, 5) is 4.93. The number of aromatic nitrogens is 2. The lowest BCUT2D eigenvalue weighted by molar-refractivity contribution is 0.317. The number of halogens is 1. The maximum Gasteiger partial charge on any atom is 0.138 e. The molecule has 0 unspecified atom stereocenters. The quantitative estimate of drug-likeness (QED) is 0.726. The van der Waals surface area contributed by atoms with Crippen LogP contribution in [0.3, 0.4) is 0 Å². The monoisotopic (exact) mass is 350 g/mol. The van der Waals surface area contributed by atoms with Crippen molar-refractivity contribution in [2.75, 3.05) is 11.9 Å². The van der Waals surface area contributed by atoms with Gasteiger partial charge in [-0.3, -0.25) is 0 Å². The minimum atomic E-state index is -0.243. The molecule has 0 atom stereocenters. The first-order chi connectivity index (χ1) is 12.4. The van der Waals surface area contributed by atoms with Crippen LogP contribution in [0.1, 0.15) is 25.2 Å². The van der Waals surface area contributed by atoms with Gasteiger partial charge in [-0.05, 0) is 57.2 Å². The topological polar surface area (TPSA) is 41.9 Å². The minimum Gasteiger partial charge on any atom is -0.340 e. The van der Waals surface area contributed by atoms with E-state index in [-0.39, 0.29) is 11.4 Å². The van der Waals surface area contributed by atoms with Gasteiger partial charge >= 0.3 is 0 Å². The average molecular weight is 350 g/mol. The van der Waals surface area contributed by atoms with Crippen LogP contribution in [0, 0.1) is 12.7 Å². The lowest BCUT2D eigenvalue weighted by atomic mass is 10.0. The van der Waals surface area contributed by atoms with Gasteiger partial charge in [0.2, 0.25) is 0 Å². The molecule has 4 nitrogen and oxygen atoms in total. The number of hydrogen-bond donors (Lipinski definition) is 2. The number of nitrogens with zero attached hydrogens (tertiary/aromatic N) is 2. The average Bonchev–Trinajstić information content (AvgIpc) is 2.98. The number of imidazole rings is 1. The Morgan fingerprint density at radius 3 is 2.46 bits per heavy atom. The van der Waals surface area contributed by atoms with Gasteiger partial charge in [-0.25, -0.2) is 9.37 Å². The summed E-state index contributed by atoms with van der Waals surface area (Å²) >= 11 is 0. The van der Waals surface area contributed by atoms with Gasteiger partial charge in [0.05, 0.1) is 5.54 Å². The van der Waals surface area contributed by atoms with E-state index in [1.165, 1.54) is 17.7 Å². The summed E-state index contributed by atoms with van der Waals surface area (Å²) in [7, 11) is 0. The van der Waals surface area contributed by atoms with Crippen molar-refractivity contribution < 1.29 is 4.39 Å². The Bertz CT molecular complexity index is 924. The third-order valence-electron chi connectivity index (χ3n) is 4.86. The van der Waals surface area contributed by atoms with Crippen LogP contribution in [0.4, 0.5) is 15.9 Å². The smallest absolute Gasteiger partial charge is 0.138 e. The summed E-state index contributed by atoms with van der Waals surface area (Å²) in [5.41, 5.74) is 3.75. The van der Waals surface area contributed by atoms with Crippen LogP contribution >= 0.6 is 0 Å². The Morgan fingerprint density at radius 1 is 1.08 bits per heavy atom. The fraction of sp³-hybridized carbons (Fsp3) is 0.286. The summed E-state index contributed by atoms with van der Waals surface area (Å²) in [6.45, 7) is 8.05. The van der Waals surface area contributed by atoms with Crippen LogP contribution in [0.15, 0.2) is 48.5 Å². The van der Waals surface area contributed by atoms with E-state index in [0.717, 1.165) is 41.7 Å². The molecule has 0 saturated carbocycles. The van der Waals surface area contributed by atoms with Gasteiger partial charge in [-0.15, -0.1) is 0 Å². The molecule has 1 aliphatic rings. The fourth-order valence-corrected chi connectivity index (χ4v) is 3.42. The summed E-state index contributed by atoms with van der Waals surface area (Å²) < 4.78 is 15.6. The molecule has 5 heteroatoms. The number of nitrogens with one attached hydrogen (secondary N) is 2. The van der Waals surface area contributed by atoms with Crippen molar-refractivity contribution >= 4 is 11.5 Å². The Labute approximate surface area is 153 Å². The predicted octanol–water partition coefficient (Wildman–Crippen LogP) is 4.58. The van der Waals surface area contributed by atoms with E-state index in [1.807, 2.05) is 0 Å². The fourth-order valence-electron chi connectivity index (χ4n) is 3.42. The van der Waals surface area contributed by atoms with Crippen LogP contribution in [-0.2, 0) is 12.1 Å². The number of benzene rings is 2. The van der Waals surface area contributed by atoms with E-state index < -0.39 is 0 Å². The summed E-state index contributed by atoms with van der Waals surface area (Å²) in [5.74, 6) is 1.69. The van der Waals surface area contributed by atoms with Crippen molar-refractivity contribution in [3.05, 3.63) is 65.7 Å². The number of hydrogen-bond acceptors (Lipinski definition) is 3. The molecular formula is C21H23FN4. The van der Waals surface area contributed by atoms with E-state index in [2.05, 4.69) is 60.2 Å². The van der Waals surface area contributed by atoms with Gasteiger partial charge in [0.25, 0.3) is 0 Å². The molecule has 0 saturated heterocycles. The second-order valence-corrected chi connectivity index (χ2v) is 7.33. The highest BCUT2D eigenvalue weighted by molar-refractivity contribution is 5.77. The van der Waals surface area contributed by atoms with Crippen LogP contribution in [0.2, 0.25) is 0 Å². The van der Waals surface area contributed by atoms with Crippen LogP contribution < -0.4 is 10.6 Å². The minimum absolute atomic E-state index is 0.222. The molecule has 0 radical (unpaired) electrons. The highest BCUT2D eigenvalue weighted by Crippen LogP contribution is 2.36. The molecule has 0 aliphatic carbocycles. The second-order valence-electron chi connectivity index (χ2n) is 7.33. The Kier molecular flexibility index (Phi) is 4.04. The van der Waals surface area contributed by atoms with E-state index in [0.29, 0.717) is 0 Å². The van der Waals surface area contributed by atoms with Crippen molar-refractivity contribution in [2.24, 2.45) is 0 Å². The molecule has 1 aliphatic heterocycles. The number of aryl methyl sites for hydroxylation is 1. The predicted molar refractivity (Wildman–Crippen MR) is 103 cm³/mol. The molecule has 2 heterocycles. The van der Waals surface area contributed by atoms with E-state index in [1.54, 1.807) is 12.1 Å². The molecule has 26 heavy (non-hydrogen) atoms. The molecule has 2 aromatic carbocycles. The number of rotatable bonds is 3. The maximum atomic E-state index is 13.4. The van der Waals surface area contributed by atoms with Gasteiger partial charge in [0, 0.05) is 24.3 Å². The van der Waals surface area contributed by atoms with Crippen LogP contribution in [-0.4, -0.2) is 16.1 Å². The molecule has 0 amide bonds. The normalized spacial score (nSPS) is 15.5. The van der Waals surface area contributed by atoms with Crippen molar-refractivity contribution in [2.45, 2.75) is 32.9 Å². The zero-order chi connectivity index (χ0) is 18.3. The van der Waals surface area contributed by atoms with Gasteiger partial charge in [-0.2, -0.15) is 0 Å². The first kappa shape index (κ1) is 16.8. The molecule has 2 N–H and O–H groups in total. The largest absolute Gasteiger partial charge is 0.340 e. The van der Waals surface area contributed by atoms with E-state index >= 15 is 0 Å². The van der Waals surface area contributed by atoms with Crippen molar-refractivity contribution in [3.63, 3.8) is 0 Å². The SMILES string of the molecule is Cc1ccc(Nc2c(-c3ccc(F)cc3)nc3n2CCNC3(C)C)cc1. The third kappa shape index (κ3) is 2.99. The molecule has 1 aromatic heterocycles. The molecule has 0 fully saturated rings. The molecule has 3 aromatic rings. The molecule has 0 bridgehead atoms. The third-order valence-corrected chi connectivity index (χ3v) is 4.86. The highest BCUT2D eigenvalue weighted by atomic mass is 19.1. The molecular weight excluding hydrogens is 327 g/mol. The summed E-state index contributed by atoms with van der Waals surface area (Å²) in [5, 5.41) is 7.05. The number of anilines is 2. The molecule has 134 valence electrons. The van der Waals surface area contributed by atoms with E-state index in [4.69, 9.17) is 4.98 Å². The maximum absolute atomic E-state index is 13.4. The van der Waals surface area contributed by atoms with Crippen molar-refractivity contribution in [1.82, 2.24) is 14.9 Å². The standard InChI is InChI=1S/C21H23FN4/c1-14-4-10-17(11-5-14)24-19-18(15-6-8-16(22)9-7-15)25-20-21(2,3)23-12-13-26(19)20/h4-11,23-24H,12-13H2,1-3H3. The summed E-state index contributed by atoms with van der Waals surface area (Å²) in [6.07, 6.45) is 0. The Balaban J connectivity index is 1.85. The molecule has 0 spiro atoms. The number of fused-ring (bicyclic) bond motifs is 1. The lowest BCUT2D eigenvalue weighted by Crippen LogP contribution is -2.45. The zero-order valence-corrected chi connectivity index (χ0v) is 15.3. The summed E-state index contributed by atoms with van der Waals surface area (Å²) in [6, 6.07) is 14.8. The Hall–Kier alpha value is -2.66. The lowest BCUT2D eigenvalue weighted by Gasteiger charge is -2.32. The first-order valence-electron chi connectivity index (χ1n) is 8.90. The van der Waals surface area contributed by atoms with Gasteiger partial charge in [0.15, 0.2) is 0 Å². The van der Waals surface area contributed by atoms with E-state index in [9.17, 15) is 4.39 Å².